The maximum Gasteiger partial charge on any atom is 0.256 e. The predicted octanol–water partition coefficient (Wildman–Crippen LogP) is 3.96. The van der Waals surface area contributed by atoms with Gasteiger partial charge in [0.2, 0.25) is 0 Å². The van der Waals surface area contributed by atoms with Gasteiger partial charge in [-0.05, 0) is 55.3 Å². The molecule has 0 radical (unpaired) electrons. The van der Waals surface area contributed by atoms with Gasteiger partial charge in [0.1, 0.15) is 0 Å². The van der Waals surface area contributed by atoms with Crippen LogP contribution < -0.4 is 0 Å². The van der Waals surface area contributed by atoms with Crippen LogP contribution in [-0.4, -0.2) is 65.1 Å². The topological polar surface area (TPSA) is 58.6 Å². The van der Waals surface area contributed by atoms with E-state index in [4.69, 9.17) is 16.3 Å². The smallest absolute Gasteiger partial charge is 0.256 e. The van der Waals surface area contributed by atoms with Crippen LogP contribution in [0.1, 0.15) is 28.0 Å². The second-order valence-electron chi connectivity index (χ2n) is 7.85. The van der Waals surface area contributed by atoms with Gasteiger partial charge in [0.05, 0.1) is 30.0 Å². The molecular weight excluding hydrogens is 412 g/mol. The molecule has 0 unspecified atom stereocenters. The van der Waals surface area contributed by atoms with Crippen molar-refractivity contribution < 1.29 is 9.53 Å². The van der Waals surface area contributed by atoms with E-state index in [9.17, 15) is 4.79 Å². The summed E-state index contributed by atoms with van der Waals surface area (Å²) in [5, 5.41) is 1.51. The molecule has 0 spiro atoms. The summed E-state index contributed by atoms with van der Waals surface area (Å²) in [5.41, 5.74) is 3.25. The van der Waals surface area contributed by atoms with Crippen molar-refractivity contribution in [3.05, 3.63) is 70.6 Å². The lowest BCUT2D eigenvalue weighted by Crippen LogP contribution is -2.39. The monoisotopic (exact) mass is 438 g/mol. The second kappa shape index (κ2) is 10.2. The molecule has 3 heterocycles. The first-order valence-electron chi connectivity index (χ1n) is 10.7. The zero-order valence-electron chi connectivity index (χ0n) is 17.8. The third kappa shape index (κ3) is 5.58. The number of morpholine rings is 1. The highest BCUT2D eigenvalue weighted by Crippen LogP contribution is 2.22. The molecule has 1 aliphatic rings. The molecule has 4 rings (SSSR count). The molecule has 3 aromatic rings. The van der Waals surface area contributed by atoms with Crippen LogP contribution in [0.15, 0.2) is 48.8 Å². The fourth-order valence-corrected chi connectivity index (χ4v) is 4.08. The Bertz CT molecular complexity index is 1040. The average molecular weight is 439 g/mol. The fourth-order valence-electron chi connectivity index (χ4n) is 3.90. The van der Waals surface area contributed by atoms with E-state index in [1.165, 1.54) is 0 Å². The Morgan fingerprint density at radius 2 is 1.94 bits per heavy atom. The summed E-state index contributed by atoms with van der Waals surface area (Å²) in [6.07, 6.45) is 4.43. The van der Waals surface area contributed by atoms with E-state index in [0.29, 0.717) is 23.7 Å². The third-order valence-corrected chi connectivity index (χ3v) is 5.85. The van der Waals surface area contributed by atoms with Crippen molar-refractivity contribution in [2.75, 3.05) is 39.4 Å². The highest BCUT2D eigenvalue weighted by Gasteiger charge is 2.20. The second-order valence-corrected chi connectivity index (χ2v) is 8.28. The molecule has 162 valence electrons. The molecule has 6 nitrogen and oxygen atoms in total. The van der Waals surface area contributed by atoms with E-state index < -0.39 is 0 Å². The van der Waals surface area contributed by atoms with Crippen LogP contribution in [0.5, 0.6) is 0 Å². The minimum absolute atomic E-state index is 0.00864. The first-order valence-corrected chi connectivity index (χ1v) is 11.0. The predicted molar refractivity (Wildman–Crippen MR) is 122 cm³/mol. The lowest BCUT2D eigenvalue weighted by atomic mass is 10.1. The van der Waals surface area contributed by atoms with Gasteiger partial charge >= 0.3 is 0 Å². The zero-order chi connectivity index (χ0) is 21.6. The van der Waals surface area contributed by atoms with Gasteiger partial charge in [-0.1, -0.05) is 11.6 Å². The summed E-state index contributed by atoms with van der Waals surface area (Å²) in [4.78, 5) is 26.6. The van der Waals surface area contributed by atoms with Crippen LogP contribution >= 0.6 is 11.6 Å². The number of carbonyl (C=O) groups is 1. The van der Waals surface area contributed by atoms with Gasteiger partial charge in [-0.2, -0.15) is 0 Å². The van der Waals surface area contributed by atoms with Crippen molar-refractivity contribution in [1.82, 2.24) is 19.8 Å². The number of rotatable bonds is 7. The molecule has 2 aromatic heterocycles. The molecular formula is C24H27ClN4O2. The molecule has 0 saturated carbocycles. The number of hydrogen-bond donors (Lipinski definition) is 0. The van der Waals surface area contributed by atoms with Gasteiger partial charge < -0.3 is 9.64 Å². The van der Waals surface area contributed by atoms with Crippen molar-refractivity contribution in [2.45, 2.75) is 19.9 Å². The number of hydrogen-bond acceptors (Lipinski definition) is 5. The van der Waals surface area contributed by atoms with E-state index in [1.54, 1.807) is 12.4 Å². The molecule has 0 bridgehead atoms. The first-order chi connectivity index (χ1) is 15.1. The van der Waals surface area contributed by atoms with Gasteiger partial charge in [-0.15, -0.1) is 0 Å². The highest BCUT2D eigenvalue weighted by atomic mass is 35.5. The first kappa shape index (κ1) is 21.7. The fraction of sp³-hybridized carbons (Fsp3) is 0.375. The van der Waals surface area contributed by atoms with Crippen LogP contribution in [0.3, 0.4) is 0 Å². The zero-order valence-corrected chi connectivity index (χ0v) is 18.5. The van der Waals surface area contributed by atoms with E-state index in [1.807, 2.05) is 48.2 Å². The summed E-state index contributed by atoms with van der Waals surface area (Å²) < 4.78 is 5.43. The van der Waals surface area contributed by atoms with Crippen molar-refractivity contribution in [1.29, 1.82) is 0 Å². The van der Waals surface area contributed by atoms with Crippen LogP contribution in [0.2, 0.25) is 5.02 Å². The van der Waals surface area contributed by atoms with Crippen molar-refractivity contribution in [2.24, 2.45) is 0 Å². The Hall–Kier alpha value is -2.54. The lowest BCUT2D eigenvalue weighted by Gasteiger charge is -2.28. The normalized spacial score (nSPS) is 14.6. The van der Waals surface area contributed by atoms with Crippen LogP contribution in [0.4, 0.5) is 0 Å². The number of benzene rings is 1. The van der Waals surface area contributed by atoms with Crippen molar-refractivity contribution in [3.63, 3.8) is 0 Å². The van der Waals surface area contributed by atoms with E-state index in [-0.39, 0.29) is 5.91 Å². The van der Waals surface area contributed by atoms with Gasteiger partial charge in [0, 0.05) is 55.5 Å². The molecule has 7 heteroatoms. The Morgan fingerprint density at radius 1 is 1.16 bits per heavy atom. The average Bonchev–Trinajstić information content (AvgIpc) is 2.79. The maximum atomic E-state index is 13.6. The SMILES string of the molecule is Cc1nc2ccc(Cl)cc2cc1C(=O)N(CCCN1CCOCC1)Cc1ccncc1. The van der Waals surface area contributed by atoms with Gasteiger partial charge in [-0.3, -0.25) is 19.7 Å². The van der Waals surface area contributed by atoms with Crippen molar-refractivity contribution >= 4 is 28.4 Å². The van der Waals surface area contributed by atoms with Gasteiger partial charge in [0.25, 0.3) is 5.91 Å². The van der Waals surface area contributed by atoms with Gasteiger partial charge in [-0.25, -0.2) is 0 Å². The molecule has 1 aliphatic heterocycles. The molecule has 0 N–H and O–H groups in total. The molecule has 31 heavy (non-hydrogen) atoms. The largest absolute Gasteiger partial charge is 0.379 e. The third-order valence-electron chi connectivity index (χ3n) is 5.61. The van der Waals surface area contributed by atoms with E-state index >= 15 is 0 Å². The number of fused-ring (bicyclic) bond motifs is 1. The Kier molecular flexibility index (Phi) is 7.12. The Labute approximate surface area is 187 Å². The molecule has 0 atom stereocenters. The summed E-state index contributed by atoms with van der Waals surface area (Å²) >= 11 is 6.16. The van der Waals surface area contributed by atoms with Crippen LogP contribution in [0.25, 0.3) is 10.9 Å². The minimum atomic E-state index is -0.00864. The molecule has 1 saturated heterocycles. The standard InChI is InChI=1S/C24H27ClN4O2/c1-18-22(16-20-15-21(25)3-4-23(20)27-18)24(30)29(17-19-5-7-26-8-6-19)10-2-9-28-11-13-31-14-12-28/h3-8,15-16H,2,9-14,17H2,1H3. The number of amides is 1. The number of halogens is 1. The lowest BCUT2D eigenvalue weighted by molar-refractivity contribution is 0.0355. The molecule has 1 fully saturated rings. The number of carbonyl (C=O) groups excluding carboxylic acids is 1. The number of nitrogens with zero attached hydrogens (tertiary/aromatic N) is 4. The number of aryl methyl sites for hydroxylation is 1. The quantitative estimate of drug-likeness (QED) is 0.559. The number of aromatic nitrogens is 2. The van der Waals surface area contributed by atoms with E-state index in [0.717, 1.165) is 61.4 Å². The highest BCUT2D eigenvalue weighted by molar-refractivity contribution is 6.31. The molecule has 1 aromatic carbocycles. The van der Waals surface area contributed by atoms with Crippen LogP contribution in [0, 0.1) is 6.92 Å². The van der Waals surface area contributed by atoms with Crippen LogP contribution in [-0.2, 0) is 11.3 Å². The summed E-state index contributed by atoms with van der Waals surface area (Å²) in [6.45, 7) is 7.52. The minimum Gasteiger partial charge on any atom is -0.379 e. The summed E-state index contributed by atoms with van der Waals surface area (Å²) in [5.74, 6) is -0.00864. The number of pyridine rings is 2. The summed E-state index contributed by atoms with van der Waals surface area (Å²) in [6, 6.07) is 11.4. The Morgan fingerprint density at radius 3 is 2.71 bits per heavy atom. The molecule has 0 aliphatic carbocycles. The molecule has 1 amide bonds. The number of ether oxygens (including phenoxy) is 1. The van der Waals surface area contributed by atoms with E-state index in [2.05, 4.69) is 14.9 Å². The van der Waals surface area contributed by atoms with Gasteiger partial charge in [0.15, 0.2) is 0 Å². The summed E-state index contributed by atoms with van der Waals surface area (Å²) in [7, 11) is 0. The van der Waals surface area contributed by atoms with Crippen molar-refractivity contribution in [3.8, 4) is 0 Å². The Balaban J connectivity index is 1.55. The maximum absolute atomic E-state index is 13.6.